The predicted octanol–water partition coefficient (Wildman–Crippen LogP) is 4.13. The Morgan fingerprint density at radius 3 is 2.32 bits per heavy atom. The number of carbonyl (C=O) groups excluding carboxylic acids is 1. The van der Waals surface area contributed by atoms with E-state index in [9.17, 15) is 13.2 Å². The summed E-state index contributed by atoms with van der Waals surface area (Å²) < 4.78 is 38.4. The van der Waals surface area contributed by atoms with E-state index in [-0.39, 0.29) is 17.4 Å². The van der Waals surface area contributed by atoms with Gasteiger partial charge in [0.15, 0.2) is 6.61 Å². The molecule has 0 aliphatic carbocycles. The summed E-state index contributed by atoms with van der Waals surface area (Å²) >= 11 is 0. The largest absolute Gasteiger partial charge is 0.495 e. The molecule has 0 saturated carbocycles. The van der Waals surface area contributed by atoms with E-state index in [0.29, 0.717) is 22.9 Å². The third-order valence-corrected chi connectivity index (χ3v) is 6.04. The maximum Gasteiger partial charge on any atom is 0.262 e. The number of methoxy groups -OCH3 is 1. The van der Waals surface area contributed by atoms with Crippen LogP contribution in [-0.4, -0.2) is 28.0 Å². The average Bonchev–Trinajstić information content (AvgIpc) is 2.75. The SMILES string of the molecule is COc1ccccc1NC(=O)COc1ccc(S(=O)(=O)Nc2ccc(C)c(C)c2)cc1. The lowest BCUT2D eigenvalue weighted by atomic mass is 10.1. The molecular formula is C23H24N2O5S. The average molecular weight is 441 g/mol. The van der Waals surface area contributed by atoms with Crippen LogP contribution in [0.4, 0.5) is 11.4 Å². The molecular weight excluding hydrogens is 416 g/mol. The van der Waals surface area contributed by atoms with Gasteiger partial charge in [0.25, 0.3) is 15.9 Å². The van der Waals surface area contributed by atoms with Crippen LogP contribution in [0.1, 0.15) is 11.1 Å². The molecule has 0 fully saturated rings. The van der Waals surface area contributed by atoms with Crippen LogP contribution >= 0.6 is 0 Å². The number of aryl methyl sites for hydroxylation is 2. The molecule has 0 unspecified atom stereocenters. The van der Waals surface area contributed by atoms with Gasteiger partial charge in [0.05, 0.1) is 17.7 Å². The smallest absolute Gasteiger partial charge is 0.262 e. The highest BCUT2D eigenvalue weighted by Crippen LogP contribution is 2.23. The first kappa shape index (κ1) is 22.2. The number of benzene rings is 3. The zero-order chi connectivity index (χ0) is 22.4. The first-order chi connectivity index (χ1) is 14.8. The van der Waals surface area contributed by atoms with Crippen LogP contribution in [0.15, 0.2) is 71.6 Å². The number of nitrogens with one attached hydrogen (secondary N) is 2. The molecule has 0 aromatic heterocycles. The monoisotopic (exact) mass is 440 g/mol. The lowest BCUT2D eigenvalue weighted by Crippen LogP contribution is -2.20. The molecule has 0 saturated heterocycles. The minimum absolute atomic E-state index is 0.0940. The highest BCUT2D eigenvalue weighted by molar-refractivity contribution is 7.92. The molecule has 0 heterocycles. The Bertz CT molecular complexity index is 1170. The summed E-state index contributed by atoms with van der Waals surface area (Å²) in [6.07, 6.45) is 0. The van der Waals surface area contributed by atoms with Crippen molar-refractivity contribution < 1.29 is 22.7 Å². The van der Waals surface area contributed by atoms with Gasteiger partial charge in [-0.2, -0.15) is 0 Å². The van der Waals surface area contributed by atoms with Gasteiger partial charge in [0, 0.05) is 5.69 Å². The molecule has 8 heteroatoms. The predicted molar refractivity (Wildman–Crippen MR) is 120 cm³/mol. The number of hydrogen-bond acceptors (Lipinski definition) is 5. The van der Waals surface area contributed by atoms with Crippen LogP contribution < -0.4 is 19.5 Å². The lowest BCUT2D eigenvalue weighted by Gasteiger charge is -2.12. The van der Waals surface area contributed by atoms with Crippen LogP contribution in [0.25, 0.3) is 0 Å². The minimum atomic E-state index is -3.74. The number of sulfonamides is 1. The third-order valence-electron chi connectivity index (χ3n) is 4.64. The summed E-state index contributed by atoms with van der Waals surface area (Å²) in [6, 6.07) is 18.3. The highest BCUT2D eigenvalue weighted by atomic mass is 32.2. The van der Waals surface area contributed by atoms with Crippen molar-refractivity contribution in [1.29, 1.82) is 0 Å². The molecule has 2 N–H and O–H groups in total. The van der Waals surface area contributed by atoms with Crippen LogP contribution in [0, 0.1) is 13.8 Å². The van der Waals surface area contributed by atoms with Crippen molar-refractivity contribution in [2.45, 2.75) is 18.7 Å². The van der Waals surface area contributed by atoms with Gasteiger partial charge in [-0.15, -0.1) is 0 Å². The van der Waals surface area contributed by atoms with Gasteiger partial charge in [0.2, 0.25) is 0 Å². The number of anilines is 2. The van der Waals surface area contributed by atoms with E-state index in [2.05, 4.69) is 10.0 Å². The van der Waals surface area contributed by atoms with Crippen LogP contribution in [0.2, 0.25) is 0 Å². The maximum absolute atomic E-state index is 12.6. The number of rotatable bonds is 8. The molecule has 3 aromatic carbocycles. The molecule has 0 bridgehead atoms. The molecule has 0 atom stereocenters. The Morgan fingerprint density at radius 2 is 1.65 bits per heavy atom. The molecule has 0 radical (unpaired) electrons. The highest BCUT2D eigenvalue weighted by Gasteiger charge is 2.15. The fourth-order valence-corrected chi connectivity index (χ4v) is 3.87. The number of carbonyl (C=O) groups is 1. The van der Waals surface area contributed by atoms with Gasteiger partial charge in [-0.3, -0.25) is 9.52 Å². The summed E-state index contributed by atoms with van der Waals surface area (Å²) in [5.41, 5.74) is 3.11. The van der Waals surface area contributed by atoms with Crippen molar-refractivity contribution in [2.75, 3.05) is 23.8 Å². The second-order valence-electron chi connectivity index (χ2n) is 6.91. The van der Waals surface area contributed by atoms with Gasteiger partial charge in [-0.1, -0.05) is 18.2 Å². The van der Waals surface area contributed by atoms with Crippen LogP contribution in [0.3, 0.4) is 0 Å². The van der Waals surface area contributed by atoms with Crippen LogP contribution in [0.5, 0.6) is 11.5 Å². The molecule has 0 aliphatic heterocycles. The Morgan fingerprint density at radius 1 is 0.935 bits per heavy atom. The quantitative estimate of drug-likeness (QED) is 0.549. The summed E-state index contributed by atoms with van der Waals surface area (Å²) in [5.74, 6) is 0.555. The molecule has 3 aromatic rings. The van der Waals surface area contributed by atoms with Crippen molar-refractivity contribution in [3.05, 3.63) is 77.9 Å². The molecule has 7 nitrogen and oxygen atoms in total. The van der Waals surface area contributed by atoms with E-state index in [4.69, 9.17) is 9.47 Å². The molecule has 0 spiro atoms. The number of para-hydroxylation sites is 2. The van der Waals surface area contributed by atoms with E-state index in [1.165, 1.54) is 31.4 Å². The second kappa shape index (κ2) is 9.53. The Labute approximate surface area is 182 Å². The minimum Gasteiger partial charge on any atom is -0.495 e. The Hall–Kier alpha value is -3.52. The number of amides is 1. The van der Waals surface area contributed by atoms with Crippen molar-refractivity contribution in [1.82, 2.24) is 0 Å². The van der Waals surface area contributed by atoms with E-state index in [0.717, 1.165) is 11.1 Å². The topological polar surface area (TPSA) is 93.7 Å². The normalized spacial score (nSPS) is 10.9. The Kier molecular flexibility index (Phi) is 6.81. The molecule has 162 valence electrons. The zero-order valence-corrected chi connectivity index (χ0v) is 18.3. The molecule has 3 rings (SSSR count). The fraction of sp³-hybridized carbons (Fsp3) is 0.174. The van der Waals surface area contributed by atoms with Crippen molar-refractivity contribution in [3.63, 3.8) is 0 Å². The van der Waals surface area contributed by atoms with E-state index in [1.807, 2.05) is 19.9 Å². The fourth-order valence-electron chi connectivity index (χ4n) is 2.82. The van der Waals surface area contributed by atoms with E-state index in [1.54, 1.807) is 36.4 Å². The first-order valence-electron chi connectivity index (χ1n) is 9.54. The van der Waals surface area contributed by atoms with Crippen molar-refractivity contribution in [3.8, 4) is 11.5 Å². The molecule has 0 aliphatic rings. The number of hydrogen-bond donors (Lipinski definition) is 2. The van der Waals surface area contributed by atoms with Crippen LogP contribution in [-0.2, 0) is 14.8 Å². The summed E-state index contributed by atoms with van der Waals surface area (Å²) in [6.45, 7) is 3.65. The number of ether oxygens (including phenoxy) is 2. The molecule has 1 amide bonds. The summed E-state index contributed by atoms with van der Waals surface area (Å²) in [7, 11) is -2.22. The van der Waals surface area contributed by atoms with Gasteiger partial charge in [-0.05, 0) is 73.5 Å². The van der Waals surface area contributed by atoms with E-state index >= 15 is 0 Å². The second-order valence-corrected chi connectivity index (χ2v) is 8.60. The van der Waals surface area contributed by atoms with Gasteiger partial charge in [-0.25, -0.2) is 8.42 Å². The van der Waals surface area contributed by atoms with E-state index < -0.39 is 10.0 Å². The third kappa shape index (κ3) is 5.76. The first-order valence-corrected chi connectivity index (χ1v) is 11.0. The van der Waals surface area contributed by atoms with Crippen molar-refractivity contribution >= 4 is 27.3 Å². The lowest BCUT2D eigenvalue weighted by molar-refractivity contribution is -0.118. The molecule has 31 heavy (non-hydrogen) atoms. The van der Waals surface area contributed by atoms with Crippen molar-refractivity contribution in [2.24, 2.45) is 0 Å². The maximum atomic E-state index is 12.6. The van der Waals surface area contributed by atoms with Gasteiger partial charge < -0.3 is 14.8 Å². The summed E-state index contributed by atoms with van der Waals surface area (Å²) in [4.78, 5) is 12.2. The zero-order valence-electron chi connectivity index (χ0n) is 17.5. The van der Waals surface area contributed by atoms with Gasteiger partial charge >= 0.3 is 0 Å². The van der Waals surface area contributed by atoms with Gasteiger partial charge in [0.1, 0.15) is 11.5 Å². The summed E-state index contributed by atoms with van der Waals surface area (Å²) in [5, 5.41) is 2.71. The standard InChI is InChI=1S/C23H24N2O5S/c1-16-8-9-18(14-17(16)2)25-31(27,28)20-12-10-19(11-13-20)30-15-23(26)24-21-6-4-5-7-22(21)29-3/h4-14,25H,15H2,1-3H3,(H,24,26). The Balaban J connectivity index is 1.60.